The Kier molecular flexibility index (Phi) is 3.95. The van der Waals surface area contributed by atoms with Crippen LogP contribution in [-0.4, -0.2) is 20.0 Å². The minimum absolute atomic E-state index is 0.821. The number of fused-ring (bicyclic) bond motifs is 1. The molecule has 0 spiro atoms. The molecule has 5 rings (SSSR count). The van der Waals surface area contributed by atoms with E-state index in [2.05, 4.69) is 46.6 Å². The van der Waals surface area contributed by atoms with Crippen molar-refractivity contribution in [3.8, 4) is 28.2 Å². The fourth-order valence-electron chi connectivity index (χ4n) is 3.53. The second-order valence-corrected chi connectivity index (χ2v) is 6.69. The van der Waals surface area contributed by atoms with Gasteiger partial charge in [-0.1, -0.05) is 78.9 Å². The summed E-state index contributed by atoms with van der Waals surface area (Å²) in [6, 6.07) is 30.7. The monoisotopic (exact) mass is 362 g/mol. The van der Waals surface area contributed by atoms with Crippen molar-refractivity contribution in [2.24, 2.45) is 0 Å². The summed E-state index contributed by atoms with van der Waals surface area (Å²) in [5.41, 5.74) is 6.71. The summed E-state index contributed by atoms with van der Waals surface area (Å²) >= 11 is 0. The van der Waals surface area contributed by atoms with Crippen LogP contribution in [0.25, 0.3) is 39.1 Å². The summed E-state index contributed by atoms with van der Waals surface area (Å²) in [5.74, 6) is 0. The molecule has 0 fully saturated rings. The van der Waals surface area contributed by atoms with Gasteiger partial charge in [-0.25, -0.2) is 4.68 Å². The van der Waals surface area contributed by atoms with Gasteiger partial charge < -0.3 is 0 Å². The van der Waals surface area contributed by atoms with Gasteiger partial charge in [0, 0.05) is 11.1 Å². The maximum absolute atomic E-state index is 4.96. The van der Waals surface area contributed by atoms with Crippen LogP contribution in [0.15, 0.2) is 91.0 Å². The van der Waals surface area contributed by atoms with E-state index in [0.29, 0.717) is 0 Å². The third-order valence-electron chi connectivity index (χ3n) is 4.86. The van der Waals surface area contributed by atoms with Crippen molar-refractivity contribution in [1.29, 1.82) is 0 Å². The van der Waals surface area contributed by atoms with Crippen LogP contribution in [0.5, 0.6) is 0 Å². The second kappa shape index (κ2) is 6.74. The molecule has 0 bridgehead atoms. The van der Waals surface area contributed by atoms with E-state index in [0.717, 1.165) is 44.8 Å². The van der Waals surface area contributed by atoms with Crippen LogP contribution in [0.4, 0.5) is 0 Å². The molecular formula is C24H18N4. The molecule has 0 unspecified atom stereocenters. The van der Waals surface area contributed by atoms with E-state index in [1.807, 2.05) is 66.2 Å². The molecule has 28 heavy (non-hydrogen) atoms. The van der Waals surface area contributed by atoms with Crippen molar-refractivity contribution in [1.82, 2.24) is 20.0 Å². The maximum atomic E-state index is 4.96. The predicted molar refractivity (Wildman–Crippen MR) is 112 cm³/mol. The maximum Gasteiger partial charge on any atom is 0.119 e. The number of hydrogen-bond acceptors (Lipinski definition) is 3. The van der Waals surface area contributed by atoms with E-state index in [4.69, 9.17) is 5.10 Å². The minimum Gasteiger partial charge on any atom is -0.232 e. The molecule has 0 aliphatic rings. The van der Waals surface area contributed by atoms with Gasteiger partial charge in [0.2, 0.25) is 0 Å². The second-order valence-electron chi connectivity index (χ2n) is 6.69. The highest BCUT2D eigenvalue weighted by Crippen LogP contribution is 2.37. The average molecular weight is 362 g/mol. The van der Waals surface area contributed by atoms with Crippen LogP contribution in [0.3, 0.4) is 0 Å². The topological polar surface area (TPSA) is 43.6 Å². The lowest BCUT2D eigenvalue weighted by atomic mass is 10.0. The van der Waals surface area contributed by atoms with Crippen molar-refractivity contribution in [2.75, 3.05) is 0 Å². The third kappa shape index (κ3) is 2.67. The molecular weight excluding hydrogens is 344 g/mol. The Hall–Kier alpha value is -3.79. The smallest absolute Gasteiger partial charge is 0.119 e. The third-order valence-corrected chi connectivity index (χ3v) is 4.86. The van der Waals surface area contributed by atoms with Gasteiger partial charge in [0.1, 0.15) is 11.2 Å². The van der Waals surface area contributed by atoms with Crippen molar-refractivity contribution in [3.63, 3.8) is 0 Å². The van der Waals surface area contributed by atoms with Gasteiger partial charge >= 0.3 is 0 Å². The highest BCUT2D eigenvalue weighted by Gasteiger charge is 2.21. The summed E-state index contributed by atoms with van der Waals surface area (Å²) in [4.78, 5) is 0. The average Bonchev–Trinajstić information content (AvgIpc) is 3.17. The van der Waals surface area contributed by atoms with Crippen molar-refractivity contribution in [3.05, 3.63) is 96.7 Å². The summed E-state index contributed by atoms with van der Waals surface area (Å²) in [7, 11) is 0. The molecule has 2 aromatic heterocycles. The first-order valence-electron chi connectivity index (χ1n) is 9.25. The summed E-state index contributed by atoms with van der Waals surface area (Å²) in [5, 5.41) is 14.9. The van der Waals surface area contributed by atoms with Gasteiger partial charge in [0.15, 0.2) is 0 Å². The molecule has 2 heterocycles. The van der Waals surface area contributed by atoms with Crippen LogP contribution in [0.2, 0.25) is 0 Å². The fourth-order valence-corrected chi connectivity index (χ4v) is 3.53. The van der Waals surface area contributed by atoms with Gasteiger partial charge in [0.05, 0.1) is 22.5 Å². The van der Waals surface area contributed by atoms with Crippen LogP contribution in [-0.2, 0) is 0 Å². The van der Waals surface area contributed by atoms with Gasteiger partial charge in [-0.05, 0) is 19.1 Å². The Labute approximate surface area is 163 Å². The molecule has 3 aromatic carbocycles. The van der Waals surface area contributed by atoms with E-state index in [1.165, 1.54) is 0 Å². The van der Waals surface area contributed by atoms with Gasteiger partial charge in [0.25, 0.3) is 0 Å². The van der Waals surface area contributed by atoms with E-state index in [1.54, 1.807) is 0 Å². The number of nitrogens with zero attached hydrogens (tertiary/aromatic N) is 4. The molecule has 0 aliphatic carbocycles. The zero-order valence-corrected chi connectivity index (χ0v) is 15.4. The predicted octanol–water partition coefficient (Wildman–Crippen LogP) is 5.46. The number of aromatic nitrogens is 4. The van der Waals surface area contributed by atoms with Gasteiger partial charge in [-0.15, -0.1) is 5.10 Å². The Morgan fingerprint density at radius 3 is 1.86 bits per heavy atom. The number of rotatable bonds is 3. The lowest BCUT2D eigenvalue weighted by Crippen LogP contribution is -1.98. The van der Waals surface area contributed by atoms with Gasteiger partial charge in [-0.2, -0.15) is 10.2 Å². The molecule has 134 valence electrons. The van der Waals surface area contributed by atoms with Crippen molar-refractivity contribution >= 4 is 10.9 Å². The lowest BCUT2D eigenvalue weighted by Gasteiger charge is -2.09. The van der Waals surface area contributed by atoms with E-state index in [-0.39, 0.29) is 0 Å². The number of hydrogen-bond donors (Lipinski definition) is 0. The van der Waals surface area contributed by atoms with Crippen LogP contribution < -0.4 is 0 Å². The quantitative estimate of drug-likeness (QED) is 0.428. The number of benzene rings is 3. The highest BCUT2D eigenvalue weighted by molar-refractivity contribution is 6.03. The highest BCUT2D eigenvalue weighted by atomic mass is 15.3. The zero-order chi connectivity index (χ0) is 18.9. The SMILES string of the molecule is Cc1nnc(-c2ccccc2)c2c(-c3ccccc3)n(-c3ccccc3)nc12. The first-order valence-corrected chi connectivity index (χ1v) is 9.25. The molecule has 0 amide bonds. The van der Waals surface area contributed by atoms with Crippen LogP contribution in [0, 0.1) is 6.92 Å². The Morgan fingerprint density at radius 2 is 1.21 bits per heavy atom. The largest absolute Gasteiger partial charge is 0.232 e. The normalized spacial score (nSPS) is 11.0. The van der Waals surface area contributed by atoms with E-state index >= 15 is 0 Å². The van der Waals surface area contributed by atoms with E-state index in [9.17, 15) is 0 Å². The first-order chi connectivity index (χ1) is 13.8. The first kappa shape index (κ1) is 16.4. The molecule has 0 saturated carbocycles. The lowest BCUT2D eigenvalue weighted by molar-refractivity contribution is 0.897. The molecule has 0 atom stereocenters. The summed E-state index contributed by atoms with van der Waals surface area (Å²) < 4.78 is 2.00. The zero-order valence-electron chi connectivity index (χ0n) is 15.4. The summed E-state index contributed by atoms with van der Waals surface area (Å²) in [6.45, 7) is 1.96. The van der Waals surface area contributed by atoms with Crippen LogP contribution in [0.1, 0.15) is 5.69 Å². The Balaban J connectivity index is 1.93. The number of para-hydroxylation sites is 1. The van der Waals surface area contributed by atoms with Crippen molar-refractivity contribution < 1.29 is 0 Å². The number of aryl methyl sites for hydroxylation is 1. The van der Waals surface area contributed by atoms with Gasteiger partial charge in [-0.3, -0.25) is 0 Å². The molecule has 0 aliphatic heterocycles. The molecule has 0 radical (unpaired) electrons. The standard InChI is InChI=1S/C24H18N4/c1-17-22-21(23(26-25-17)18-11-5-2-6-12-18)24(19-13-7-3-8-14-19)28(27-22)20-15-9-4-10-16-20/h2-16H,1H3. The Morgan fingerprint density at radius 1 is 0.643 bits per heavy atom. The summed E-state index contributed by atoms with van der Waals surface area (Å²) in [6.07, 6.45) is 0. The van der Waals surface area contributed by atoms with Crippen LogP contribution >= 0.6 is 0 Å². The molecule has 0 N–H and O–H groups in total. The molecule has 5 aromatic rings. The molecule has 4 nitrogen and oxygen atoms in total. The minimum atomic E-state index is 0.821. The Bertz CT molecular complexity index is 1240. The molecule has 0 saturated heterocycles. The fraction of sp³-hybridized carbons (Fsp3) is 0.0417. The molecule has 4 heteroatoms. The van der Waals surface area contributed by atoms with E-state index < -0.39 is 0 Å². The van der Waals surface area contributed by atoms with Crippen molar-refractivity contribution in [2.45, 2.75) is 6.92 Å².